The number of hydrogen-bond acceptors (Lipinski definition) is 6. The van der Waals surface area contributed by atoms with Crippen LogP contribution in [0.15, 0.2) is 29.3 Å². The molecule has 110 valence electrons. The van der Waals surface area contributed by atoms with Crippen molar-refractivity contribution < 1.29 is 4.92 Å². The van der Waals surface area contributed by atoms with Gasteiger partial charge in [0.25, 0.3) is 5.43 Å². The molecule has 0 aliphatic heterocycles. The smallest absolute Gasteiger partial charge is 0.332 e. The van der Waals surface area contributed by atoms with Crippen molar-refractivity contribution in [3.05, 3.63) is 56.4 Å². The Labute approximate surface area is 120 Å². The van der Waals surface area contributed by atoms with E-state index in [1.165, 1.54) is 23.0 Å². The monoisotopic (exact) mass is 289 g/mol. The van der Waals surface area contributed by atoms with Gasteiger partial charge in [-0.3, -0.25) is 14.9 Å². The van der Waals surface area contributed by atoms with Crippen LogP contribution in [-0.2, 0) is 6.54 Å². The Bertz CT molecular complexity index is 726. The summed E-state index contributed by atoms with van der Waals surface area (Å²) >= 11 is 0. The van der Waals surface area contributed by atoms with Crippen LogP contribution in [0.1, 0.15) is 18.4 Å². The zero-order valence-corrected chi connectivity index (χ0v) is 11.7. The highest BCUT2D eigenvalue weighted by Gasteiger charge is 2.12. The Morgan fingerprint density at radius 3 is 2.86 bits per heavy atom. The fourth-order valence-corrected chi connectivity index (χ4v) is 1.88. The van der Waals surface area contributed by atoms with E-state index >= 15 is 0 Å². The molecule has 0 atom stereocenters. The maximum absolute atomic E-state index is 11.4. The highest BCUT2D eigenvalue weighted by atomic mass is 16.6. The predicted molar refractivity (Wildman–Crippen MR) is 77.4 cm³/mol. The molecule has 1 N–H and O–H groups in total. The lowest BCUT2D eigenvalue weighted by atomic mass is 10.3. The molecule has 8 nitrogen and oxygen atoms in total. The summed E-state index contributed by atoms with van der Waals surface area (Å²) < 4.78 is 1.52. The molecule has 2 rings (SSSR count). The van der Waals surface area contributed by atoms with Crippen LogP contribution in [0.4, 0.5) is 11.5 Å². The average Bonchev–Trinajstić information content (AvgIpc) is 2.40. The van der Waals surface area contributed by atoms with Crippen LogP contribution >= 0.6 is 0 Å². The van der Waals surface area contributed by atoms with E-state index in [0.29, 0.717) is 11.6 Å². The van der Waals surface area contributed by atoms with E-state index in [0.717, 1.165) is 12.2 Å². The van der Waals surface area contributed by atoms with E-state index in [2.05, 4.69) is 15.3 Å². The summed E-state index contributed by atoms with van der Waals surface area (Å²) in [6.07, 6.45) is 2.68. The SMILES string of the molecule is CCNc1cc(C)nc(Cn2ccc(=O)c([N+](=O)[O-])c2)n1. The third-order valence-corrected chi connectivity index (χ3v) is 2.74. The third kappa shape index (κ3) is 3.62. The molecule has 0 spiro atoms. The van der Waals surface area contributed by atoms with Crippen LogP contribution in [0, 0.1) is 17.0 Å². The number of aromatic nitrogens is 3. The van der Waals surface area contributed by atoms with Crippen LogP contribution in [0.3, 0.4) is 0 Å². The standard InChI is InChI=1S/C13H15N5O3/c1-3-14-12-6-9(2)15-13(16-12)8-17-5-4-11(19)10(7-17)18(20)21/h4-7H,3,8H2,1-2H3,(H,14,15,16). The number of aryl methyl sites for hydroxylation is 1. The summed E-state index contributed by atoms with van der Waals surface area (Å²) in [4.78, 5) is 30.1. The fraction of sp³-hybridized carbons (Fsp3) is 0.308. The van der Waals surface area contributed by atoms with Crippen molar-refractivity contribution in [3.63, 3.8) is 0 Å². The summed E-state index contributed by atoms with van der Waals surface area (Å²) in [7, 11) is 0. The van der Waals surface area contributed by atoms with Gasteiger partial charge in [-0.15, -0.1) is 0 Å². The van der Waals surface area contributed by atoms with Crippen LogP contribution in [-0.4, -0.2) is 26.0 Å². The van der Waals surface area contributed by atoms with E-state index in [1.807, 2.05) is 19.9 Å². The van der Waals surface area contributed by atoms with Crippen LogP contribution in [0.5, 0.6) is 0 Å². The van der Waals surface area contributed by atoms with Crippen molar-refractivity contribution in [3.8, 4) is 0 Å². The number of pyridine rings is 1. The van der Waals surface area contributed by atoms with E-state index in [-0.39, 0.29) is 6.54 Å². The van der Waals surface area contributed by atoms with Gasteiger partial charge in [0.1, 0.15) is 5.82 Å². The van der Waals surface area contributed by atoms with Gasteiger partial charge in [0.2, 0.25) is 0 Å². The minimum Gasteiger partial charge on any atom is -0.370 e. The molecule has 0 radical (unpaired) electrons. The molecule has 2 heterocycles. The summed E-state index contributed by atoms with van der Waals surface area (Å²) in [6.45, 7) is 4.79. The number of hydrogen-bond donors (Lipinski definition) is 1. The second kappa shape index (κ2) is 6.12. The maximum Gasteiger partial charge on any atom is 0.332 e. The second-order valence-electron chi connectivity index (χ2n) is 4.46. The molecule has 0 unspecified atom stereocenters. The molecule has 0 fully saturated rings. The first kappa shape index (κ1) is 14.6. The molecular weight excluding hydrogens is 274 g/mol. The molecule has 2 aromatic heterocycles. The van der Waals surface area contributed by atoms with E-state index in [4.69, 9.17) is 0 Å². The lowest BCUT2D eigenvalue weighted by Gasteiger charge is -2.08. The Hall–Kier alpha value is -2.77. The number of rotatable bonds is 5. The van der Waals surface area contributed by atoms with Gasteiger partial charge in [-0.1, -0.05) is 0 Å². The topological polar surface area (TPSA) is 103 Å². The van der Waals surface area contributed by atoms with Crippen LogP contribution < -0.4 is 10.7 Å². The quantitative estimate of drug-likeness (QED) is 0.658. The molecule has 0 saturated carbocycles. The van der Waals surface area contributed by atoms with Crippen molar-refractivity contribution in [2.45, 2.75) is 20.4 Å². The molecule has 21 heavy (non-hydrogen) atoms. The molecule has 0 aliphatic carbocycles. The first-order valence-electron chi connectivity index (χ1n) is 6.42. The first-order chi connectivity index (χ1) is 9.99. The van der Waals surface area contributed by atoms with Gasteiger partial charge in [0, 0.05) is 30.6 Å². The van der Waals surface area contributed by atoms with Gasteiger partial charge in [0.05, 0.1) is 17.7 Å². The highest BCUT2D eigenvalue weighted by molar-refractivity contribution is 5.35. The highest BCUT2D eigenvalue weighted by Crippen LogP contribution is 2.08. The zero-order chi connectivity index (χ0) is 15.4. The zero-order valence-electron chi connectivity index (χ0n) is 11.7. The first-order valence-corrected chi connectivity index (χ1v) is 6.42. The Balaban J connectivity index is 2.32. The maximum atomic E-state index is 11.4. The van der Waals surface area contributed by atoms with Crippen molar-refractivity contribution in [1.29, 1.82) is 0 Å². The lowest BCUT2D eigenvalue weighted by molar-refractivity contribution is -0.386. The second-order valence-corrected chi connectivity index (χ2v) is 4.46. The van der Waals surface area contributed by atoms with Crippen molar-refractivity contribution in [2.75, 3.05) is 11.9 Å². The predicted octanol–water partition coefficient (Wildman–Crippen LogP) is 1.34. The van der Waals surface area contributed by atoms with E-state index in [1.54, 1.807) is 0 Å². The molecule has 0 saturated heterocycles. The molecule has 0 amide bonds. The van der Waals surface area contributed by atoms with Gasteiger partial charge in [0.15, 0.2) is 5.82 Å². The van der Waals surface area contributed by atoms with Gasteiger partial charge < -0.3 is 9.88 Å². The molecule has 2 aromatic rings. The summed E-state index contributed by atoms with van der Waals surface area (Å²) in [5, 5.41) is 13.9. The Kier molecular flexibility index (Phi) is 4.27. The average molecular weight is 289 g/mol. The molecule has 0 aromatic carbocycles. The van der Waals surface area contributed by atoms with Gasteiger partial charge >= 0.3 is 5.69 Å². The molecule has 0 bridgehead atoms. The largest absolute Gasteiger partial charge is 0.370 e. The third-order valence-electron chi connectivity index (χ3n) is 2.74. The summed E-state index contributed by atoms with van der Waals surface area (Å²) in [5.74, 6) is 1.22. The summed E-state index contributed by atoms with van der Waals surface area (Å²) in [5.41, 5.74) is -0.279. The van der Waals surface area contributed by atoms with Crippen LogP contribution in [0.25, 0.3) is 0 Å². The summed E-state index contributed by atoms with van der Waals surface area (Å²) in [6, 6.07) is 2.99. The number of nitro groups is 1. The van der Waals surface area contributed by atoms with Gasteiger partial charge in [-0.25, -0.2) is 9.97 Å². The van der Waals surface area contributed by atoms with E-state index < -0.39 is 16.0 Å². The minimum atomic E-state index is -0.694. The Morgan fingerprint density at radius 1 is 1.43 bits per heavy atom. The Morgan fingerprint density at radius 2 is 2.19 bits per heavy atom. The lowest BCUT2D eigenvalue weighted by Crippen LogP contribution is -2.13. The van der Waals surface area contributed by atoms with Crippen molar-refractivity contribution >= 4 is 11.5 Å². The van der Waals surface area contributed by atoms with E-state index in [9.17, 15) is 14.9 Å². The van der Waals surface area contributed by atoms with Crippen LogP contribution in [0.2, 0.25) is 0 Å². The van der Waals surface area contributed by atoms with Crippen molar-refractivity contribution in [2.24, 2.45) is 0 Å². The normalized spacial score (nSPS) is 10.4. The molecular formula is C13H15N5O3. The molecule has 8 heteroatoms. The number of anilines is 1. The van der Waals surface area contributed by atoms with Gasteiger partial charge in [-0.2, -0.15) is 0 Å². The fourth-order valence-electron chi connectivity index (χ4n) is 1.88. The number of nitrogens with one attached hydrogen (secondary N) is 1. The number of nitrogens with zero attached hydrogens (tertiary/aromatic N) is 4. The van der Waals surface area contributed by atoms with Gasteiger partial charge in [-0.05, 0) is 13.8 Å². The molecule has 0 aliphatic rings. The van der Waals surface area contributed by atoms with Crippen molar-refractivity contribution in [1.82, 2.24) is 14.5 Å². The minimum absolute atomic E-state index is 0.251.